The molecule has 22 heavy (non-hydrogen) atoms. The molecule has 1 heterocycles. The summed E-state index contributed by atoms with van der Waals surface area (Å²) >= 11 is 0. The van der Waals surface area contributed by atoms with Crippen molar-refractivity contribution in [1.29, 1.82) is 0 Å². The van der Waals surface area contributed by atoms with Gasteiger partial charge in [-0.2, -0.15) is 0 Å². The van der Waals surface area contributed by atoms with Gasteiger partial charge in [-0.3, -0.25) is 0 Å². The van der Waals surface area contributed by atoms with Crippen LogP contribution >= 0.6 is 0 Å². The molecule has 0 N–H and O–H groups in total. The maximum absolute atomic E-state index is 5.77. The lowest BCUT2D eigenvalue weighted by molar-refractivity contribution is 0.359. The molecule has 2 nitrogen and oxygen atoms in total. The summed E-state index contributed by atoms with van der Waals surface area (Å²) in [6.45, 7) is 6.89. The Morgan fingerprint density at radius 2 is 1.45 bits per heavy atom. The lowest BCUT2D eigenvalue weighted by Gasteiger charge is -2.32. The van der Waals surface area contributed by atoms with Crippen LogP contribution in [0.2, 0.25) is 0 Å². The highest BCUT2D eigenvalue weighted by Gasteiger charge is 2.35. The van der Waals surface area contributed by atoms with Gasteiger partial charge in [0.25, 0.3) is 0 Å². The van der Waals surface area contributed by atoms with E-state index in [1.165, 1.54) is 16.7 Å². The van der Waals surface area contributed by atoms with E-state index in [2.05, 4.69) is 74.3 Å². The van der Waals surface area contributed by atoms with Crippen LogP contribution < -0.4 is 0 Å². The first-order chi connectivity index (χ1) is 10.6. The van der Waals surface area contributed by atoms with Crippen LogP contribution in [0.3, 0.4) is 0 Å². The van der Waals surface area contributed by atoms with E-state index in [0.717, 1.165) is 17.0 Å². The molecule has 0 bridgehead atoms. The molecule has 1 atom stereocenters. The van der Waals surface area contributed by atoms with Gasteiger partial charge in [-0.25, -0.2) is 4.98 Å². The molecule has 110 valence electrons. The van der Waals surface area contributed by atoms with E-state index in [4.69, 9.17) is 4.42 Å². The molecule has 0 saturated heterocycles. The summed E-state index contributed by atoms with van der Waals surface area (Å²) in [7, 11) is 0. The van der Waals surface area contributed by atoms with Gasteiger partial charge in [-0.1, -0.05) is 69.3 Å². The third-order valence-electron chi connectivity index (χ3n) is 4.48. The third kappa shape index (κ3) is 1.83. The van der Waals surface area contributed by atoms with Crippen LogP contribution in [0.5, 0.6) is 0 Å². The number of hydrogen-bond acceptors (Lipinski definition) is 2. The summed E-state index contributed by atoms with van der Waals surface area (Å²) < 4.78 is 5.77. The molecule has 0 saturated carbocycles. The summed E-state index contributed by atoms with van der Waals surface area (Å²) in [5.41, 5.74) is 6.05. The van der Waals surface area contributed by atoms with Crippen molar-refractivity contribution < 1.29 is 4.42 Å². The first kappa shape index (κ1) is 13.3. The molecule has 4 rings (SSSR count). The molecule has 1 unspecified atom stereocenters. The van der Waals surface area contributed by atoms with E-state index in [0.29, 0.717) is 5.92 Å². The third-order valence-corrected chi connectivity index (χ3v) is 4.48. The van der Waals surface area contributed by atoms with Gasteiger partial charge in [0, 0.05) is 17.0 Å². The average Bonchev–Trinajstić information content (AvgIpc) is 2.92. The first-order valence-corrected chi connectivity index (χ1v) is 7.69. The number of benzene rings is 2. The number of aromatic nitrogens is 1. The zero-order valence-corrected chi connectivity index (χ0v) is 13.1. The minimum Gasteiger partial charge on any atom is -0.443 e. The van der Waals surface area contributed by atoms with Crippen LogP contribution in [-0.4, -0.2) is 4.98 Å². The Morgan fingerprint density at radius 1 is 0.864 bits per heavy atom. The van der Waals surface area contributed by atoms with Gasteiger partial charge in [0.15, 0.2) is 12.2 Å². The minimum absolute atomic E-state index is 0.107. The van der Waals surface area contributed by atoms with Crippen LogP contribution in [0.4, 0.5) is 0 Å². The van der Waals surface area contributed by atoms with E-state index in [1.54, 1.807) is 6.39 Å². The van der Waals surface area contributed by atoms with Crippen molar-refractivity contribution >= 4 is 0 Å². The Balaban J connectivity index is 2.15. The molecule has 0 radical (unpaired) electrons. The van der Waals surface area contributed by atoms with Crippen molar-refractivity contribution in [3.63, 3.8) is 0 Å². The summed E-state index contributed by atoms with van der Waals surface area (Å²) in [6, 6.07) is 17.1. The second kappa shape index (κ2) is 4.57. The van der Waals surface area contributed by atoms with Gasteiger partial charge in [0.2, 0.25) is 0 Å². The van der Waals surface area contributed by atoms with E-state index < -0.39 is 0 Å². The Kier molecular flexibility index (Phi) is 2.77. The fourth-order valence-electron chi connectivity index (χ4n) is 3.65. The lowest BCUT2D eigenvalue weighted by Crippen LogP contribution is -2.20. The zero-order valence-electron chi connectivity index (χ0n) is 13.1. The largest absolute Gasteiger partial charge is 0.443 e. The predicted molar refractivity (Wildman–Crippen MR) is 88.7 cm³/mol. The highest BCUT2D eigenvalue weighted by Crippen LogP contribution is 2.51. The number of oxazole rings is 1. The van der Waals surface area contributed by atoms with Gasteiger partial charge < -0.3 is 4.42 Å². The topological polar surface area (TPSA) is 26.0 Å². The average molecular weight is 289 g/mol. The maximum atomic E-state index is 5.77. The number of fused-ring (bicyclic) bond motifs is 5. The van der Waals surface area contributed by atoms with Gasteiger partial charge in [-0.15, -0.1) is 0 Å². The van der Waals surface area contributed by atoms with Gasteiger partial charge >= 0.3 is 0 Å². The molecule has 0 spiro atoms. The number of rotatable bonds is 0. The molecule has 1 aliphatic carbocycles. The SMILES string of the molecule is CC(C)(C)C1c2ccccc2-c2ncoc2-c2ccccc21. The number of hydrogen-bond donors (Lipinski definition) is 0. The van der Waals surface area contributed by atoms with Crippen molar-refractivity contribution in [2.24, 2.45) is 5.41 Å². The van der Waals surface area contributed by atoms with Crippen LogP contribution in [0.1, 0.15) is 37.8 Å². The van der Waals surface area contributed by atoms with Crippen molar-refractivity contribution in [3.05, 3.63) is 66.1 Å². The monoisotopic (exact) mass is 289 g/mol. The van der Waals surface area contributed by atoms with Gasteiger partial charge in [0.05, 0.1) is 0 Å². The fraction of sp³-hybridized carbons (Fsp3) is 0.250. The van der Waals surface area contributed by atoms with Crippen LogP contribution in [0, 0.1) is 5.41 Å². The Hall–Kier alpha value is -2.35. The van der Waals surface area contributed by atoms with Crippen molar-refractivity contribution in [1.82, 2.24) is 4.98 Å². The Labute approximate surface area is 130 Å². The summed E-state index contributed by atoms with van der Waals surface area (Å²) in [4.78, 5) is 4.51. The molecule has 1 aromatic heterocycles. The summed E-state index contributed by atoms with van der Waals surface area (Å²) in [5, 5.41) is 0. The molecular formula is C20H19NO. The predicted octanol–water partition coefficient (Wildman–Crippen LogP) is 5.50. The second-order valence-electron chi connectivity index (χ2n) is 7.00. The molecule has 1 aliphatic rings. The highest BCUT2D eigenvalue weighted by molar-refractivity contribution is 5.84. The molecule has 0 aliphatic heterocycles. The normalized spacial score (nSPS) is 16.4. The van der Waals surface area contributed by atoms with Gasteiger partial charge in [-0.05, 0) is 16.5 Å². The lowest BCUT2D eigenvalue weighted by atomic mass is 9.71. The summed E-state index contributed by atoms with van der Waals surface area (Å²) in [5.74, 6) is 1.19. The summed E-state index contributed by atoms with van der Waals surface area (Å²) in [6.07, 6.45) is 1.55. The Bertz CT molecular complexity index is 777. The first-order valence-electron chi connectivity index (χ1n) is 7.69. The minimum atomic E-state index is 0.107. The quantitative estimate of drug-likeness (QED) is 0.546. The fourth-order valence-corrected chi connectivity index (χ4v) is 3.65. The van der Waals surface area contributed by atoms with Crippen molar-refractivity contribution in [2.45, 2.75) is 26.7 Å². The molecule has 3 aromatic rings. The Morgan fingerprint density at radius 3 is 2.14 bits per heavy atom. The maximum Gasteiger partial charge on any atom is 0.182 e. The molecule has 2 heteroatoms. The molecule has 2 aromatic carbocycles. The number of nitrogens with zero attached hydrogens (tertiary/aromatic N) is 1. The highest BCUT2D eigenvalue weighted by atomic mass is 16.3. The van der Waals surface area contributed by atoms with E-state index in [1.807, 2.05) is 0 Å². The molecule has 0 amide bonds. The molecule has 0 fully saturated rings. The standard InChI is InChI=1S/C20H19NO/c1-20(2,3)17-13-8-4-6-10-15(13)18-19(22-12-21-18)16-11-7-5-9-14(16)17/h4-12,17H,1-3H3. The second-order valence-corrected chi connectivity index (χ2v) is 7.00. The van der Waals surface area contributed by atoms with Crippen LogP contribution in [0.25, 0.3) is 22.6 Å². The smallest absolute Gasteiger partial charge is 0.182 e. The van der Waals surface area contributed by atoms with Crippen LogP contribution in [0.15, 0.2) is 59.3 Å². The molecular weight excluding hydrogens is 270 g/mol. The zero-order chi connectivity index (χ0) is 15.3. The van der Waals surface area contributed by atoms with E-state index >= 15 is 0 Å². The van der Waals surface area contributed by atoms with Crippen molar-refractivity contribution in [2.75, 3.05) is 0 Å². The van der Waals surface area contributed by atoms with Crippen LogP contribution in [-0.2, 0) is 0 Å². The van der Waals surface area contributed by atoms with Crippen molar-refractivity contribution in [3.8, 4) is 22.6 Å². The van der Waals surface area contributed by atoms with Gasteiger partial charge in [0.1, 0.15) is 5.69 Å². The van der Waals surface area contributed by atoms with E-state index in [9.17, 15) is 0 Å². The van der Waals surface area contributed by atoms with E-state index in [-0.39, 0.29) is 5.41 Å².